The second-order valence-corrected chi connectivity index (χ2v) is 2.99. The zero-order valence-electron chi connectivity index (χ0n) is 7.26. The summed E-state index contributed by atoms with van der Waals surface area (Å²) in [4.78, 5) is 4.31. The Labute approximate surface area is 77.2 Å². The fraction of sp³-hybridized carbons (Fsp3) is 0.300. The molecule has 2 unspecified atom stereocenters. The van der Waals surface area contributed by atoms with Crippen molar-refractivity contribution in [2.75, 3.05) is 6.61 Å². The molecule has 3 heteroatoms. The predicted octanol–water partition coefficient (Wildman–Crippen LogP) is 1.11. The first-order chi connectivity index (χ1) is 6.38. The van der Waals surface area contributed by atoms with E-state index in [-0.39, 0.29) is 12.3 Å². The molecule has 0 radical (unpaired) electrons. The van der Waals surface area contributed by atoms with E-state index < -0.39 is 0 Å². The van der Waals surface area contributed by atoms with Crippen molar-refractivity contribution in [3.05, 3.63) is 35.9 Å². The lowest BCUT2D eigenvalue weighted by molar-refractivity contribution is 0.0586. The van der Waals surface area contributed by atoms with E-state index >= 15 is 0 Å². The monoisotopic (exact) mass is 176 g/mol. The second kappa shape index (κ2) is 3.68. The van der Waals surface area contributed by atoms with Gasteiger partial charge >= 0.3 is 0 Å². The quantitative estimate of drug-likeness (QED) is 0.696. The molecule has 1 aromatic rings. The Morgan fingerprint density at radius 2 is 2.08 bits per heavy atom. The zero-order valence-corrected chi connectivity index (χ0v) is 7.26. The van der Waals surface area contributed by atoms with Crippen LogP contribution in [-0.2, 0) is 4.74 Å². The van der Waals surface area contributed by atoms with Crippen LogP contribution in [0.1, 0.15) is 11.6 Å². The second-order valence-electron chi connectivity index (χ2n) is 2.99. The molecule has 2 atom stereocenters. The van der Waals surface area contributed by atoms with Crippen molar-refractivity contribution in [2.24, 2.45) is 10.7 Å². The Bertz CT molecular complexity index is 297. The first-order valence-corrected chi connectivity index (χ1v) is 4.32. The van der Waals surface area contributed by atoms with Gasteiger partial charge in [0.15, 0.2) is 0 Å². The van der Waals surface area contributed by atoms with Gasteiger partial charge in [-0.05, 0) is 5.56 Å². The molecule has 3 nitrogen and oxygen atoms in total. The van der Waals surface area contributed by atoms with Gasteiger partial charge in [-0.2, -0.15) is 0 Å². The molecule has 1 aliphatic heterocycles. The van der Waals surface area contributed by atoms with E-state index in [1.807, 2.05) is 30.3 Å². The molecule has 2 rings (SSSR count). The molecule has 0 amide bonds. The number of hydrogen-bond acceptors (Lipinski definition) is 3. The van der Waals surface area contributed by atoms with Gasteiger partial charge in [0.05, 0.1) is 6.61 Å². The third-order valence-electron chi connectivity index (χ3n) is 2.08. The van der Waals surface area contributed by atoms with E-state index in [1.54, 1.807) is 6.21 Å². The summed E-state index contributed by atoms with van der Waals surface area (Å²) in [6.45, 7) is 0.518. The molecule has 2 N–H and O–H groups in total. The number of ether oxygens (including phenoxy) is 1. The van der Waals surface area contributed by atoms with Crippen LogP contribution < -0.4 is 5.73 Å². The highest BCUT2D eigenvalue weighted by atomic mass is 16.5. The number of hydrogen-bond donors (Lipinski definition) is 1. The summed E-state index contributed by atoms with van der Waals surface area (Å²) in [5.74, 6) is 0. The Morgan fingerprint density at radius 3 is 2.77 bits per heavy atom. The first-order valence-electron chi connectivity index (χ1n) is 4.32. The maximum atomic E-state index is 5.78. The maximum absolute atomic E-state index is 5.78. The average molecular weight is 176 g/mol. The van der Waals surface area contributed by atoms with E-state index in [1.165, 1.54) is 0 Å². The SMILES string of the molecule is NC1OCC=NC1c1ccccc1. The number of rotatable bonds is 1. The van der Waals surface area contributed by atoms with Gasteiger partial charge < -0.3 is 10.5 Å². The highest BCUT2D eigenvalue weighted by Gasteiger charge is 2.20. The number of nitrogens with two attached hydrogens (primary N) is 1. The average Bonchev–Trinajstić information content (AvgIpc) is 2.20. The van der Waals surface area contributed by atoms with Gasteiger partial charge in [-0.25, -0.2) is 0 Å². The van der Waals surface area contributed by atoms with Crippen LogP contribution in [0.5, 0.6) is 0 Å². The van der Waals surface area contributed by atoms with E-state index in [9.17, 15) is 0 Å². The molecule has 0 fully saturated rings. The lowest BCUT2D eigenvalue weighted by atomic mass is 10.1. The van der Waals surface area contributed by atoms with Crippen LogP contribution in [0, 0.1) is 0 Å². The van der Waals surface area contributed by atoms with Gasteiger partial charge in [0, 0.05) is 6.21 Å². The molecule has 68 valence electrons. The summed E-state index contributed by atoms with van der Waals surface area (Å²) in [6, 6.07) is 9.91. The summed E-state index contributed by atoms with van der Waals surface area (Å²) in [6.07, 6.45) is 1.45. The van der Waals surface area contributed by atoms with E-state index in [4.69, 9.17) is 10.5 Å². The lowest BCUT2D eigenvalue weighted by Gasteiger charge is -2.23. The zero-order chi connectivity index (χ0) is 9.10. The molecule has 1 heterocycles. The maximum Gasteiger partial charge on any atom is 0.132 e. The molecule has 0 saturated heterocycles. The van der Waals surface area contributed by atoms with Crippen LogP contribution in [0.25, 0.3) is 0 Å². The van der Waals surface area contributed by atoms with Crippen LogP contribution in [-0.4, -0.2) is 19.0 Å². The molecular formula is C10H12N2O. The molecule has 0 saturated carbocycles. The van der Waals surface area contributed by atoms with Crippen molar-refractivity contribution in [1.29, 1.82) is 0 Å². The smallest absolute Gasteiger partial charge is 0.132 e. The largest absolute Gasteiger partial charge is 0.355 e. The number of benzene rings is 1. The van der Waals surface area contributed by atoms with Crippen LogP contribution in [0.4, 0.5) is 0 Å². The molecule has 1 aliphatic rings. The Hall–Kier alpha value is -1.19. The van der Waals surface area contributed by atoms with Crippen molar-refractivity contribution in [2.45, 2.75) is 12.3 Å². The molecule has 0 aliphatic carbocycles. The molecule has 0 aromatic heterocycles. The Balaban J connectivity index is 2.25. The third kappa shape index (κ3) is 1.76. The van der Waals surface area contributed by atoms with Gasteiger partial charge in [-0.1, -0.05) is 30.3 Å². The number of nitrogens with zero attached hydrogens (tertiary/aromatic N) is 1. The van der Waals surface area contributed by atoms with Crippen LogP contribution in [0.3, 0.4) is 0 Å². The minimum absolute atomic E-state index is 0.0463. The van der Waals surface area contributed by atoms with Crippen molar-refractivity contribution in [3.8, 4) is 0 Å². The molecule has 0 bridgehead atoms. The van der Waals surface area contributed by atoms with Crippen LogP contribution in [0.2, 0.25) is 0 Å². The summed E-state index contributed by atoms with van der Waals surface area (Å²) >= 11 is 0. The van der Waals surface area contributed by atoms with E-state index in [2.05, 4.69) is 4.99 Å². The van der Waals surface area contributed by atoms with Crippen molar-refractivity contribution >= 4 is 6.21 Å². The topological polar surface area (TPSA) is 47.6 Å². The third-order valence-corrected chi connectivity index (χ3v) is 2.08. The van der Waals surface area contributed by atoms with Gasteiger partial charge in [0.1, 0.15) is 12.3 Å². The summed E-state index contributed by atoms with van der Waals surface area (Å²) in [5, 5.41) is 0. The Kier molecular flexibility index (Phi) is 2.38. The molecular weight excluding hydrogens is 164 g/mol. The Morgan fingerprint density at radius 1 is 1.31 bits per heavy atom. The van der Waals surface area contributed by atoms with Gasteiger partial charge in [-0.3, -0.25) is 4.99 Å². The molecule has 13 heavy (non-hydrogen) atoms. The highest BCUT2D eigenvalue weighted by molar-refractivity contribution is 5.60. The van der Waals surface area contributed by atoms with Gasteiger partial charge in [0.25, 0.3) is 0 Å². The first kappa shape index (κ1) is 8.41. The van der Waals surface area contributed by atoms with Gasteiger partial charge in [-0.15, -0.1) is 0 Å². The highest BCUT2D eigenvalue weighted by Crippen LogP contribution is 2.22. The summed E-state index contributed by atoms with van der Waals surface area (Å²) in [5.41, 5.74) is 6.88. The lowest BCUT2D eigenvalue weighted by Crippen LogP contribution is -2.34. The number of aliphatic imine (C=N–C) groups is 1. The van der Waals surface area contributed by atoms with Crippen molar-refractivity contribution < 1.29 is 4.74 Å². The normalized spacial score (nSPS) is 27.5. The molecule has 1 aromatic carbocycles. The molecule has 0 spiro atoms. The predicted molar refractivity (Wildman–Crippen MR) is 51.6 cm³/mol. The van der Waals surface area contributed by atoms with Gasteiger partial charge in [0.2, 0.25) is 0 Å². The van der Waals surface area contributed by atoms with E-state index in [0.29, 0.717) is 6.61 Å². The summed E-state index contributed by atoms with van der Waals surface area (Å²) < 4.78 is 5.27. The van der Waals surface area contributed by atoms with Crippen LogP contribution >= 0.6 is 0 Å². The minimum Gasteiger partial charge on any atom is -0.355 e. The fourth-order valence-electron chi connectivity index (χ4n) is 1.41. The minimum atomic E-state index is -0.313. The standard InChI is InChI=1S/C10H12N2O/c11-10-9(12-6-7-13-10)8-4-2-1-3-5-8/h1-6,9-10H,7,11H2. The van der Waals surface area contributed by atoms with Crippen LogP contribution in [0.15, 0.2) is 35.3 Å². The summed E-state index contributed by atoms with van der Waals surface area (Å²) in [7, 11) is 0. The van der Waals surface area contributed by atoms with Crippen molar-refractivity contribution in [1.82, 2.24) is 0 Å². The van der Waals surface area contributed by atoms with E-state index in [0.717, 1.165) is 5.56 Å². The fourth-order valence-corrected chi connectivity index (χ4v) is 1.41. The van der Waals surface area contributed by atoms with Crippen molar-refractivity contribution in [3.63, 3.8) is 0 Å².